The second-order valence-corrected chi connectivity index (χ2v) is 5.29. The van der Waals surface area contributed by atoms with Gasteiger partial charge >= 0.3 is 0 Å². The van der Waals surface area contributed by atoms with Gasteiger partial charge in [-0.25, -0.2) is 0 Å². The first kappa shape index (κ1) is 23.0. The van der Waals surface area contributed by atoms with E-state index in [0.29, 0.717) is 0 Å². The van der Waals surface area contributed by atoms with Crippen LogP contribution in [0.15, 0.2) is 23.2 Å². The number of ether oxygens (including phenoxy) is 2. The van der Waals surface area contributed by atoms with Gasteiger partial charge in [0.1, 0.15) is 5.75 Å². The molecule has 0 fully saturated rings. The van der Waals surface area contributed by atoms with Gasteiger partial charge in [-0.1, -0.05) is 12.1 Å². The lowest BCUT2D eigenvalue weighted by molar-refractivity contribution is 0.146. The number of aryl methyl sites for hydroxylation is 1. The van der Waals surface area contributed by atoms with E-state index in [2.05, 4.69) is 47.7 Å². The fourth-order valence-corrected chi connectivity index (χ4v) is 2.19. The summed E-state index contributed by atoms with van der Waals surface area (Å²) in [4.78, 5) is 4.55. The molecule has 0 aliphatic carbocycles. The molecule has 6 heteroatoms. The molecule has 0 atom stereocenters. The van der Waals surface area contributed by atoms with Gasteiger partial charge in [0.25, 0.3) is 0 Å². The number of hydrogen-bond donors (Lipinski definition) is 2. The van der Waals surface area contributed by atoms with Gasteiger partial charge in [0.15, 0.2) is 5.96 Å². The smallest absolute Gasteiger partial charge is 0.191 e. The Morgan fingerprint density at radius 2 is 2.00 bits per heavy atom. The van der Waals surface area contributed by atoms with E-state index < -0.39 is 0 Å². The molecule has 138 valence electrons. The van der Waals surface area contributed by atoms with Crippen LogP contribution in [0.1, 0.15) is 31.4 Å². The molecule has 0 saturated carbocycles. The predicted octanol–water partition coefficient (Wildman–Crippen LogP) is 3.15. The number of methoxy groups -OCH3 is 1. The predicted molar refractivity (Wildman–Crippen MR) is 112 cm³/mol. The van der Waals surface area contributed by atoms with Crippen molar-refractivity contribution in [3.05, 3.63) is 29.3 Å². The maximum Gasteiger partial charge on any atom is 0.191 e. The molecule has 0 amide bonds. The van der Waals surface area contributed by atoms with Gasteiger partial charge in [-0.15, -0.1) is 24.0 Å². The molecule has 1 rings (SSSR count). The van der Waals surface area contributed by atoms with Crippen molar-refractivity contribution < 1.29 is 9.47 Å². The van der Waals surface area contributed by atoms with Crippen molar-refractivity contribution in [2.75, 3.05) is 40.0 Å². The molecule has 0 aliphatic rings. The van der Waals surface area contributed by atoms with Crippen molar-refractivity contribution in [1.82, 2.24) is 10.6 Å². The Kier molecular flexibility index (Phi) is 13.7. The lowest BCUT2D eigenvalue weighted by Gasteiger charge is -2.12. The molecule has 0 spiro atoms. The molecule has 2 N–H and O–H groups in total. The van der Waals surface area contributed by atoms with Crippen molar-refractivity contribution >= 4 is 29.9 Å². The van der Waals surface area contributed by atoms with E-state index >= 15 is 0 Å². The molecule has 1 aromatic carbocycles. The molecular weight excluding hydrogens is 417 g/mol. The van der Waals surface area contributed by atoms with Crippen molar-refractivity contribution in [3.63, 3.8) is 0 Å². The molecular formula is C18H32IN3O2. The third kappa shape index (κ3) is 9.32. The van der Waals surface area contributed by atoms with E-state index in [9.17, 15) is 0 Å². The standard InChI is InChI=1S/C18H31N3O2.HI/c1-5-19-18(20-11-7-13-23-6-2)21-12-10-16-9-8-15(3)17(14-16)22-4;/h8-9,14H,5-7,10-13H2,1-4H3,(H2,19,20,21);1H. The quantitative estimate of drug-likeness (QED) is 0.250. The van der Waals surface area contributed by atoms with Crippen molar-refractivity contribution in [2.24, 2.45) is 4.99 Å². The molecule has 0 radical (unpaired) electrons. The minimum Gasteiger partial charge on any atom is -0.496 e. The van der Waals surface area contributed by atoms with E-state index in [0.717, 1.165) is 63.0 Å². The third-order valence-electron chi connectivity index (χ3n) is 3.44. The maximum absolute atomic E-state index is 5.37. The van der Waals surface area contributed by atoms with E-state index in [-0.39, 0.29) is 24.0 Å². The Morgan fingerprint density at radius 3 is 2.67 bits per heavy atom. The molecule has 1 aromatic rings. The van der Waals surface area contributed by atoms with Gasteiger partial charge in [-0.3, -0.25) is 4.99 Å². The minimum atomic E-state index is 0. The average Bonchev–Trinajstić information content (AvgIpc) is 2.56. The summed E-state index contributed by atoms with van der Waals surface area (Å²) in [6.45, 7) is 10.1. The number of aliphatic imine (C=N–C) groups is 1. The first-order chi connectivity index (χ1) is 11.2. The van der Waals surface area contributed by atoms with Gasteiger partial charge in [0.05, 0.1) is 7.11 Å². The van der Waals surface area contributed by atoms with Gasteiger partial charge in [-0.2, -0.15) is 0 Å². The molecule has 24 heavy (non-hydrogen) atoms. The van der Waals surface area contributed by atoms with Crippen molar-refractivity contribution in [1.29, 1.82) is 0 Å². The molecule has 5 nitrogen and oxygen atoms in total. The van der Waals surface area contributed by atoms with E-state index in [1.807, 2.05) is 6.92 Å². The number of guanidine groups is 1. The Bertz CT molecular complexity index is 481. The Balaban J connectivity index is 0.00000529. The highest BCUT2D eigenvalue weighted by molar-refractivity contribution is 14.0. The molecule has 0 aliphatic heterocycles. The SMILES string of the molecule is CCNC(=NCCCOCC)NCCc1ccc(C)c(OC)c1.I. The first-order valence-corrected chi connectivity index (χ1v) is 8.44. The minimum absolute atomic E-state index is 0. The fourth-order valence-electron chi connectivity index (χ4n) is 2.19. The number of benzene rings is 1. The van der Waals surface area contributed by atoms with E-state index in [4.69, 9.17) is 9.47 Å². The van der Waals surface area contributed by atoms with Crippen molar-refractivity contribution in [2.45, 2.75) is 33.6 Å². The molecule has 0 aromatic heterocycles. The summed E-state index contributed by atoms with van der Waals surface area (Å²) >= 11 is 0. The molecule has 0 unspecified atom stereocenters. The fraction of sp³-hybridized carbons (Fsp3) is 0.611. The van der Waals surface area contributed by atoms with Crippen molar-refractivity contribution in [3.8, 4) is 5.75 Å². The summed E-state index contributed by atoms with van der Waals surface area (Å²) in [7, 11) is 1.71. The number of rotatable bonds is 10. The van der Waals surface area contributed by atoms with Crippen LogP contribution in [-0.2, 0) is 11.2 Å². The molecule has 0 heterocycles. The second kappa shape index (κ2) is 14.3. The highest BCUT2D eigenvalue weighted by atomic mass is 127. The second-order valence-electron chi connectivity index (χ2n) is 5.29. The third-order valence-corrected chi connectivity index (χ3v) is 3.44. The monoisotopic (exact) mass is 449 g/mol. The summed E-state index contributed by atoms with van der Waals surface area (Å²) in [6, 6.07) is 6.34. The van der Waals surface area contributed by atoms with Crippen LogP contribution in [-0.4, -0.2) is 45.9 Å². The van der Waals surface area contributed by atoms with Crippen LogP contribution in [0, 0.1) is 6.92 Å². The van der Waals surface area contributed by atoms with Gasteiger partial charge in [0, 0.05) is 32.8 Å². The van der Waals surface area contributed by atoms with Gasteiger partial charge in [0.2, 0.25) is 0 Å². The Hall–Kier alpha value is -1.02. The van der Waals surface area contributed by atoms with Crippen LogP contribution >= 0.6 is 24.0 Å². The number of nitrogens with zero attached hydrogens (tertiary/aromatic N) is 1. The summed E-state index contributed by atoms with van der Waals surface area (Å²) in [5, 5.41) is 6.63. The van der Waals surface area contributed by atoms with Crippen LogP contribution in [0.5, 0.6) is 5.75 Å². The topological polar surface area (TPSA) is 54.9 Å². The van der Waals surface area contributed by atoms with Crippen LogP contribution in [0.3, 0.4) is 0 Å². The van der Waals surface area contributed by atoms with Crippen LogP contribution in [0.25, 0.3) is 0 Å². The maximum atomic E-state index is 5.37. The number of halogens is 1. The van der Waals surface area contributed by atoms with Gasteiger partial charge in [-0.05, 0) is 50.8 Å². The Labute approximate surface area is 163 Å². The van der Waals surface area contributed by atoms with Crippen LogP contribution < -0.4 is 15.4 Å². The summed E-state index contributed by atoms with van der Waals surface area (Å²) in [5.74, 6) is 1.81. The average molecular weight is 449 g/mol. The highest BCUT2D eigenvalue weighted by Crippen LogP contribution is 2.18. The lowest BCUT2D eigenvalue weighted by Crippen LogP contribution is -2.38. The molecule has 0 saturated heterocycles. The highest BCUT2D eigenvalue weighted by Gasteiger charge is 2.01. The zero-order valence-corrected chi connectivity index (χ0v) is 17.7. The van der Waals surface area contributed by atoms with E-state index in [1.54, 1.807) is 7.11 Å². The number of hydrogen-bond acceptors (Lipinski definition) is 3. The lowest BCUT2D eigenvalue weighted by atomic mass is 10.1. The van der Waals surface area contributed by atoms with E-state index in [1.165, 1.54) is 5.56 Å². The normalized spacial score (nSPS) is 10.9. The first-order valence-electron chi connectivity index (χ1n) is 8.44. The molecule has 0 bridgehead atoms. The largest absolute Gasteiger partial charge is 0.496 e. The van der Waals surface area contributed by atoms with Crippen LogP contribution in [0.4, 0.5) is 0 Å². The zero-order valence-electron chi connectivity index (χ0n) is 15.4. The zero-order chi connectivity index (χ0) is 16.9. The summed E-state index contributed by atoms with van der Waals surface area (Å²) < 4.78 is 10.7. The Morgan fingerprint density at radius 1 is 1.21 bits per heavy atom. The number of nitrogens with one attached hydrogen (secondary N) is 2. The van der Waals surface area contributed by atoms with Gasteiger partial charge < -0.3 is 20.1 Å². The van der Waals surface area contributed by atoms with Crippen LogP contribution in [0.2, 0.25) is 0 Å². The summed E-state index contributed by atoms with van der Waals surface area (Å²) in [6.07, 6.45) is 1.87. The summed E-state index contributed by atoms with van der Waals surface area (Å²) in [5.41, 5.74) is 2.42.